The number of carbonyl (C=O) groups is 1. The second-order valence-electron chi connectivity index (χ2n) is 9.92. The second-order valence-corrected chi connectivity index (χ2v) is 10.7. The van der Waals surface area contributed by atoms with E-state index in [1.165, 1.54) is 11.1 Å². The number of hydrogen-bond acceptors (Lipinski definition) is 3. The van der Waals surface area contributed by atoms with Crippen LogP contribution < -0.4 is 15.5 Å². The number of nitrogens with zero attached hydrogens (tertiary/aromatic N) is 3. The second kappa shape index (κ2) is 10.8. The minimum atomic E-state index is -0.162. The SMILES string of the molecule is CCC(=O)Nc1ccc(N2C(=S)N[C@H](c3ccccn3)[C@@H]2c2c(C)c(C)n(-c3cccc(Cl)c3)c2C)cc1C. The highest BCUT2D eigenvalue weighted by molar-refractivity contribution is 7.80. The maximum absolute atomic E-state index is 12.0. The number of anilines is 2. The summed E-state index contributed by atoms with van der Waals surface area (Å²) in [6.07, 6.45) is 2.24. The zero-order chi connectivity index (χ0) is 27.8. The number of hydrogen-bond donors (Lipinski definition) is 2. The lowest BCUT2D eigenvalue weighted by Crippen LogP contribution is -2.30. The molecule has 0 spiro atoms. The molecule has 1 fully saturated rings. The number of rotatable bonds is 6. The third-order valence-electron chi connectivity index (χ3n) is 7.55. The van der Waals surface area contributed by atoms with Crippen LogP contribution in [0.3, 0.4) is 0 Å². The lowest BCUT2D eigenvalue weighted by Gasteiger charge is -2.29. The van der Waals surface area contributed by atoms with Crippen molar-refractivity contribution in [3.8, 4) is 5.69 Å². The summed E-state index contributed by atoms with van der Waals surface area (Å²) in [5.41, 5.74) is 9.32. The first-order valence-corrected chi connectivity index (χ1v) is 13.8. The number of thiocarbonyl (C=S) groups is 1. The molecule has 1 aliphatic heterocycles. The smallest absolute Gasteiger partial charge is 0.224 e. The van der Waals surface area contributed by atoms with Gasteiger partial charge in [0.25, 0.3) is 0 Å². The van der Waals surface area contributed by atoms with Crippen molar-refractivity contribution in [2.45, 2.75) is 53.1 Å². The number of aryl methyl sites for hydroxylation is 1. The van der Waals surface area contributed by atoms with Crippen LogP contribution in [0, 0.1) is 27.7 Å². The normalized spacial score (nSPS) is 16.9. The van der Waals surface area contributed by atoms with Gasteiger partial charge in [0.15, 0.2) is 5.11 Å². The average molecular weight is 558 g/mol. The molecule has 0 bridgehead atoms. The van der Waals surface area contributed by atoms with Crippen molar-refractivity contribution in [1.29, 1.82) is 0 Å². The maximum Gasteiger partial charge on any atom is 0.224 e. The summed E-state index contributed by atoms with van der Waals surface area (Å²) in [4.78, 5) is 18.9. The fourth-order valence-electron chi connectivity index (χ4n) is 5.55. The third-order valence-corrected chi connectivity index (χ3v) is 8.10. The van der Waals surface area contributed by atoms with Gasteiger partial charge >= 0.3 is 0 Å². The van der Waals surface area contributed by atoms with Gasteiger partial charge in [-0.25, -0.2) is 0 Å². The molecule has 0 unspecified atom stereocenters. The molecule has 8 heteroatoms. The Morgan fingerprint density at radius 1 is 1.03 bits per heavy atom. The Morgan fingerprint density at radius 2 is 1.82 bits per heavy atom. The lowest BCUT2D eigenvalue weighted by atomic mass is 9.93. The van der Waals surface area contributed by atoms with Crippen LogP contribution in [0.4, 0.5) is 11.4 Å². The van der Waals surface area contributed by atoms with E-state index in [4.69, 9.17) is 28.8 Å². The fraction of sp³-hybridized carbons (Fsp3) is 0.258. The van der Waals surface area contributed by atoms with Gasteiger partial charge in [-0.15, -0.1) is 0 Å². The van der Waals surface area contributed by atoms with Crippen LogP contribution in [-0.2, 0) is 4.79 Å². The Morgan fingerprint density at radius 3 is 2.49 bits per heavy atom. The zero-order valence-electron chi connectivity index (χ0n) is 22.7. The van der Waals surface area contributed by atoms with Crippen LogP contribution in [0.5, 0.6) is 0 Å². The van der Waals surface area contributed by atoms with E-state index >= 15 is 0 Å². The molecule has 2 aromatic carbocycles. The third kappa shape index (κ3) is 4.92. The summed E-state index contributed by atoms with van der Waals surface area (Å²) in [6.45, 7) is 10.3. The fourth-order valence-corrected chi connectivity index (χ4v) is 6.08. The predicted molar refractivity (Wildman–Crippen MR) is 163 cm³/mol. The van der Waals surface area contributed by atoms with Crippen molar-refractivity contribution in [3.05, 3.63) is 106 Å². The van der Waals surface area contributed by atoms with Crippen LogP contribution in [0.1, 0.15) is 59.2 Å². The van der Waals surface area contributed by atoms with E-state index in [2.05, 4.69) is 53.0 Å². The molecule has 1 aliphatic rings. The van der Waals surface area contributed by atoms with E-state index in [0.717, 1.165) is 39.7 Å². The van der Waals surface area contributed by atoms with E-state index in [9.17, 15) is 4.79 Å². The molecule has 2 aromatic heterocycles. The molecule has 0 saturated carbocycles. The van der Waals surface area contributed by atoms with Gasteiger partial charge < -0.3 is 20.1 Å². The van der Waals surface area contributed by atoms with Gasteiger partial charge in [-0.1, -0.05) is 30.7 Å². The number of aromatic nitrogens is 2. The number of amides is 1. The Labute approximate surface area is 240 Å². The van der Waals surface area contributed by atoms with Crippen LogP contribution in [0.15, 0.2) is 66.9 Å². The van der Waals surface area contributed by atoms with Crippen LogP contribution in [0.25, 0.3) is 5.69 Å². The monoisotopic (exact) mass is 557 g/mol. The summed E-state index contributed by atoms with van der Waals surface area (Å²) >= 11 is 12.4. The minimum Gasteiger partial charge on any atom is -0.351 e. The van der Waals surface area contributed by atoms with Crippen molar-refractivity contribution in [2.24, 2.45) is 0 Å². The molecule has 4 aromatic rings. The number of benzene rings is 2. The largest absolute Gasteiger partial charge is 0.351 e. The maximum atomic E-state index is 12.0. The first kappa shape index (κ1) is 26.9. The van der Waals surface area contributed by atoms with Crippen molar-refractivity contribution in [3.63, 3.8) is 0 Å². The summed E-state index contributed by atoms with van der Waals surface area (Å²) < 4.78 is 2.26. The van der Waals surface area contributed by atoms with Crippen LogP contribution in [-0.4, -0.2) is 20.6 Å². The molecule has 0 radical (unpaired) electrons. The highest BCUT2D eigenvalue weighted by Gasteiger charge is 2.43. The van der Waals surface area contributed by atoms with Crippen molar-refractivity contribution in [1.82, 2.24) is 14.9 Å². The summed E-state index contributed by atoms with van der Waals surface area (Å²) in [7, 11) is 0. The Hall–Kier alpha value is -3.68. The molecular weight excluding hydrogens is 526 g/mol. The van der Waals surface area contributed by atoms with Gasteiger partial charge in [-0.2, -0.15) is 0 Å². The number of nitrogens with one attached hydrogen (secondary N) is 2. The molecule has 39 heavy (non-hydrogen) atoms. The molecule has 2 N–H and O–H groups in total. The highest BCUT2D eigenvalue weighted by Crippen LogP contribution is 2.46. The van der Waals surface area contributed by atoms with Gasteiger partial charge in [0, 0.05) is 51.7 Å². The molecular formula is C31H32ClN5OS. The van der Waals surface area contributed by atoms with E-state index < -0.39 is 0 Å². The van der Waals surface area contributed by atoms with E-state index in [1.54, 1.807) is 0 Å². The quantitative estimate of drug-likeness (QED) is 0.244. The van der Waals surface area contributed by atoms with Crippen LogP contribution in [0.2, 0.25) is 5.02 Å². The van der Waals surface area contributed by atoms with E-state index in [0.29, 0.717) is 16.6 Å². The highest BCUT2D eigenvalue weighted by atomic mass is 35.5. The summed E-state index contributed by atoms with van der Waals surface area (Å²) in [6, 6.07) is 19.6. The number of carbonyl (C=O) groups excluding carboxylic acids is 1. The molecule has 3 heterocycles. The molecule has 200 valence electrons. The van der Waals surface area contributed by atoms with Crippen molar-refractivity contribution >= 4 is 46.2 Å². The topological polar surface area (TPSA) is 62.2 Å². The average Bonchev–Trinajstić information content (AvgIpc) is 3.37. The van der Waals surface area contributed by atoms with Gasteiger partial charge in [0.2, 0.25) is 5.91 Å². The van der Waals surface area contributed by atoms with Gasteiger partial charge in [0.1, 0.15) is 0 Å². The van der Waals surface area contributed by atoms with Gasteiger partial charge in [-0.3, -0.25) is 9.78 Å². The van der Waals surface area contributed by atoms with E-state index in [-0.39, 0.29) is 18.0 Å². The van der Waals surface area contributed by atoms with Gasteiger partial charge in [-0.05, 0) is 99.6 Å². The first-order valence-electron chi connectivity index (χ1n) is 13.1. The molecule has 2 atom stereocenters. The first-order chi connectivity index (χ1) is 18.7. The summed E-state index contributed by atoms with van der Waals surface area (Å²) in [5, 5.41) is 7.89. The van der Waals surface area contributed by atoms with Crippen molar-refractivity contribution < 1.29 is 4.79 Å². The standard InChI is InChI=1S/C31H32ClN5OS/c1-6-27(38)34-25-14-13-24(16-18(25)2)37-30(29(35-31(37)39)26-12-7-8-15-33-26)28-19(3)20(4)36(21(28)5)23-11-9-10-22(32)17-23/h7-17,29-30H,6H2,1-5H3,(H,34,38)(H,35,39)/t29-,30+/m1/s1. The predicted octanol–water partition coefficient (Wildman–Crippen LogP) is 7.28. The van der Waals surface area contributed by atoms with Crippen LogP contribution >= 0.6 is 23.8 Å². The zero-order valence-corrected chi connectivity index (χ0v) is 24.3. The lowest BCUT2D eigenvalue weighted by molar-refractivity contribution is -0.115. The Bertz CT molecular complexity index is 1560. The Balaban J connectivity index is 1.68. The molecule has 0 aliphatic carbocycles. The Kier molecular flexibility index (Phi) is 7.47. The number of pyridine rings is 1. The van der Waals surface area contributed by atoms with Gasteiger partial charge in [0.05, 0.1) is 17.8 Å². The van der Waals surface area contributed by atoms with E-state index in [1.807, 2.05) is 68.6 Å². The molecule has 6 nitrogen and oxygen atoms in total. The molecule has 1 saturated heterocycles. The number of halogens is 1. The molecule has 1 amide bonds. The summed E-state index contributed by atoms with van der Waals surface area (Å²) in [5.74, 6) is -0.0126. The van der Waals surface area contributed by atoms with Crippen molar-refractivity contribution in [2.75, 3.05) is 10.2 Å². The molecule has 5 rings (SSSR count). The minimum absolute atomic E-state index is 0.0126.